The number of likely N-dealkylation sites (tertiary alicyclic amines) is 1. The third kappa shape index (κ3) is 3.88. The van der Waals surface area contributed by atoms with Gasteiger partial charge in [-0.1, -0.05) is 18.2 Å². The Kier molecular flexibility index (Phi) is 5.55. The van der Waals surface area contributed by atoms with Crippen LogP contribution in [0.2, 0.25) is 0 Å². The first kappa shape index (κ1) is 23.3. The Hall–Kier alpha value is -4.06. The van der Waals surface area contributed by atoms with Crippen molar-refractivity contribution in [3.05, 3.63) is 80.4 Å². The summed E-state index contributed by atoms with van der Waals surface area (Å²) in [4.78, 5) is 35.7. The molecule has 190 valence electrons. The van der Waals surface area contributed by atoms with E-state index in [1.807, 2.05) is 18.0 Å². The molecule has 2 saturated heterocycles. The van der Waals surface area contributed by atoms with Crippen LogP contribution < -0.4 is 20.7 Å². The molecule has 2 aliphatic heterocycles. The molecule has 0 saturated carbocycles. The second kappa shape index (κ2) is 8.80. The van der Waals surface area contributed by atoms with Crippen molar-refractivity contribution in [3.8, 4) is 11.5 Å². The van der Waals surface area contributed by atoms with E-state index in [1.165, 1.54) is 6.20 Å². The van der Waals surface area contributed by atoms with Gasteiger partial charge in [0.05, 0.1) is 17.8 Å². The molecule has 0 amide bonds. The maximum absolute atomic E-state index is 15.2. The molecular weight excluding hydrogens is 489 g/mol. The minimum Gasteiger partial charge on any atom is -0.415 e. The third-order valence-electron chi connectivity index (χ3n) is 7.10. The molecule has 37 heavy (non-hydrogen) atoms. The molecule has 2 bridgehead atoms. The highest BCUT2D eigenvalue weighted by Gasteiger charge is 2.45. The van der Waals surface area contributed by atoms with Crippen molar-refractivity contribution in [2.75, 3.05) is 29.9 Å². The number of para-hydroxylation sites is 1. The Morgan fingerprint density at radius 2 is 1.89 bits per heavy atom. The number of anilines is 3. The number of benzene rings is 1. The molecule has 2 fully saturated rings. The van der Waals surface area contributed by atoms with E-state index in [4.69, 9.17) is 4.42 Å². The van der Waals surface area contributed by atoms with E-state index in [1.54, 1.807) is 29.2 Å². The van der Waals surface area contributed by atoms with Crippen molar-refractivity contribution < 1.29 is 17.6 Å². The molecule has 4 heterocycles. The van der Waals surface area contributed by atoms with Crippen LogP contribution in [-0.4, -0.2) is 52.3 Å². The Bertz CT molecular complexity index is 1530. The average Bonchev–Trinajstić information content (AvgIpc) is 3.63. The number of likely N-dealkylation sites (N-methyl/N-ethyl adjacent to an activating group) is 1. The standard InChI is InChI=1S/C25H21F3N6O3/c1-32-10-16-8-15(32)11-33(16)19-20(22(36)21(19)35)34(14-5-3-2-4-6-14)12-18-17(26)7-13(9-29-18)24-30-31-25(37-24)23(27)28/h2-7,9,15-16,23H,8,10-12H2,1H3/t15-,16-/m0/s1. The molecular formula is C25H21F3N6O3. The smallest absolute Gasteiger partial charge is 0.314 e. The van der Waals surface area contributed by atoms with Crippen LogP contribution in [-0.2, 0) is 6.54 Å². The molecule has 0 spiro atoms. The van der Waals surface area contributed by atoms with Crippen molar-refractivity contribution in [2.45, 2.75) is 31.5 Å². The van der Waals surface area contributed by atoms with Crippen LogP contribution in [0, 0.1) is 5.82 Å². The monoisotopic (exact) mass is 510 g/mol. The summed E-state index contributed by atoms with van der Waals surface area (Å²) in [7, 11) is 2.04. The number of halogens is 3. The van der Waals surface area contributed by atoms with E-state index in [2.05, 4.69) is 20.1 Å². The Balaban J connectivity index is 1.35. The second-order valence-corrected chi connectivity index (χ2v) is 9.31. The van der Waals surface area contributed by atoms with Crippen LogP contribution in [0.1, 0.15) is 24.4 Å². The summed E-state index contributed by atoms with van der Waals surface area (Å²) in [5.74, 6) is -1.91. The largest absolute Gasteiger partial charge is 0.415 e. The zero-order chi connectivity index (χ0) is 25.8. The van der Waals surface area contributed by atoms with Crippen LogP contribution in [0.15, 0.2) is 56.6 Å². The van der Waals surface area contributed by atoms with Gasteiger partial charge in [0.1, 0.15) is 17.2 Å². The fraction of sp³-hybridized carbons (Fsp3) is 0.320. The summed E-state index contributed by atoms with van der Waals surface area (Å²) >= 11 is 0. The van der Waals surface area contributed by atoms with E-state index in [-0.39, 0.29) is 35.4 Å². The van der Waals surface area contributed by atoms with Gasteiger partial charge in [-0.3, -0.25) is 19.5 Å². The minimum atomic E-state index is -2.95. The number of fused-ring (bicyclic) bond motifs is 2. The lowest BCUT2D eigenvalue weighted by Crippen LogP contribution is -2.51. The predicted octanol–water partition coefficient (Wildman–Crippen LogP) is 3.04. The lowest BCUT2D eigenvalue weighted by atomic mass is 10.1. The molecule has 6 rings (SSSR count). The van der Waals surface area contributed by atoms with Crippen LogP contribution in [0.25, 0.3) is 11.5 Å². The van der Waals surface area contributed by atoms with Gasteiger partial charge in [-0.15, -0.1) is 10.2 Å². The van der Waals surface area contributed by atoms with Crippen molar-refractivity contribution in [1.29, 1.82) is 0 Å². The molecule has 12 heteroatoms. The number of rotatable bonds is 7. The van der Waals surface area contributed by atoms with Crippen LogP contribution in [0.4, 0.5) is 30.2 Å². The average molecular weight is 510 g/mol. The Morgan fingerprint density at radius 3 is 2.51 bits per heavy atom. The molecule has 2 aliphatic rings. The normalized spacial score (nSPS) is 19.4. The summed E-state index contributed by atoms with van der Waals surface area (Å²) in [5, 5.41) is 6.77. The number of hydrogen-bond acceptors (Lipinski definition) is 9. The first-order valence-corrected chi connectivity index (χ1v) is 11.7. The number of piperazine rings is 1. The summed E-state index contributed by atoms with van der Waals surface area (Å²) in [5.41, 5.74) is 0.0356. The maximum atomic E-state index is 15.2. The van der Waals surface area contributed by atoms with Crippen molar-refractivity contribution >= 4 is 17.1 Å². The summed E-state index contributed by atoms with van der Waals surface area (Å²) in [6, 6.07) is 10.4. The zero-order valence-corrected chi connectivity index (χ0v) is 19.6. The molecule has 9 nitrogen and oxygen atoms in total. The number of pyridine rings is 1. The van der Waals surface area contributed by atoms with Gasteiger partial charge in [0.15, 0.2) is 0 Å². The highest BCUT2D eigenvalue weighted by Crippen LogP contribution is 2.39. The van der Waals surface area contributed by atoms with Gasteiger partial charge >= 0.3 is 6.43 Å². The van der Waals surface area contributed by atoms with Crippen LogP contribution >= 0.6 is 0 Å². The van der Waals surface area contributed by atoms with Gasteiger partial charge in [-0.25, -0.2) is 4.39 Å². The molecule has 2 atom stereocenters. The molecule has 0 N–H and O–H groups in total. The minimum absolute atomic E-state index is 0.0112. The molecule has 2 aromatic heterocycles. The second-order valence-electron chi connectivity index (χ2n) is 9.31. The Morgan fingerprint density at radius 1 is 1.11 bits per heavy atom. The highest BCUT2D eigenvalue weighted by molar-refractivity contribution is 5.82. The topological polar surface area (TPSA) is 95.7 Å². The van der Waals surface area contributed by atoms with E-state index in [9.17, 15) is 18.4 Å². The van der Waals surface area contributed by atoms with E-state index in [0.29, 0.717) is 24.0 Å². The van der Waals surface area contributed by atoms with E-state index < -0.39 is 29.0 Å². The summed E-state index contributed by atoms with van der Waals surface area (Å²) < 4.78 is 45.6. The summed E-state index contributed by atoms with van der Waals surface area (Å²) in [6.45, 7) is 1.31. The van der Waals surface area contributed by atoms with Gasteiger partial charge in [0, 0.05) is 37.1 Å². The Labute approximate surface area is 208 Å². The predicted molar refractivity (Wildman–Crippen MR) is 128 cm³/mol. The number of alkyl halides is 2. The highest BCUT2D eigenvalue weighted by atomic mass is 19.3. The first-order chi connectivity index (χ1) is 17.8. The fourth-order valence-electron chi connectivity index (χ4n) is 5.22. The van der Waals surface area contributed by atoms with Gasteiger partial charge in [0.2, 0.25) is 5.89 Å². The van der Waals surface area contributed by atoms with Crippen molar-refractivity contribution in [2.24, 2.45) is 0 Å². The maximum Gasteiger partial charge on any atom is 0.314 e. The number of aromatic nitrogens is 3. The third-order valence-corrected chi connectivity index (χ3v) is 7.10. The number of nitrogens with zero attached hydrogens (tertiary/aromatic N) is 6. The van der Waals surface area contributed by atoms with Crippen molar-refractivity contribution in [3.63, 3.8) is 0 Å². The SMILES string of the molecule is CN1C[C@@H]2C[C@H]1CN2c1c(N(Cc2ncc(-c3nnc(C(F)F)o3)cc2F)c2ccccc2)c(=O)c1=O. The van der Waals surface area contributed by atoms with Gasteiger partial charge in [-0.05, 0) is 31.7 Å². The summed E-state index contributed by atoms with van der Waals surface area (Å²) in [6.07, 6.45) is -0.794. The molecule has 0 radical (unpaired) electrons. The lowest BCUT2D eigenvalue weighted by Gasteiger charge is -2.37. The van der Waals surface area contributed by atoms with Crippen LogP contribution in [0.5, 0.6) is 0 Å². The van der Waals surface area contributed by atoms with Crippen molar-refractivity contribution in [1.82, 2.24) is 20.1 Å². The van der Waals surface area contributed by atoms with E-state index >= 15 is 4.39 Å². The molecule has 0 unspecified atom stereocenters. The van der Waals surface area contributed by atoms with Gasteiger partial charge in [-0.2, -0.15) is 8.78 Å². The van der Waals surface area contributed by atoms with E-state index in [0.717, 1.165) is 19.0 Å². The first-order valence-electron chi connectivity index (χ1n) is 11.7. The molecule has 0 aliphatic carbocycles. The number of hydrogen-bond donors (Lipinski definition) is 0. The molecule has 2 aromatic carbocycles. The van der Waals surface area contributed by atoms with Gasteiger partial charge in [0.25, 0.3) is 16.7 Å². The lowest BCUT2D eigenvalue weighted by molar-refractivity contribution is 0.116. The molecule has 4 aromatic rings. The zero-order valence-electron chi connectivity index (χ0n) is 19.6. The fourth-order valence-corrected chi connectivity index (χ4v) is 5.22. The van der Waals surface area contributed by atoms with Crippen LogP contribution in [0.3, 0.4) is 0 Å². The quantitative estimate of drug-likeness (QED) is 0.348. The van der Waals surface area contributed by atoms with Gasteiger partial charge < -0.3 is 14.2 Å².